The van der Waals surface area contributed by atoms with Crippen LogP contribution in [-0.4, -0.2) is 11.2 Å². The minimum atomic E-state index is -0.740. The number of hydrogen-bond acceptors (Lipinski definition) is 2. The summed E-state index contributed by atoms with van der Waals surface area (Å²) in [5.74, 6) is 6.09. The van der Waals surface area contributed by atoms with Crippen molar-refractivity contribution in [2.75, 3.05) is 0 Å². The van der Waals surface area contributed by atoms with Crippen LogP contribution in [-0.2, 0) is 10.9 Å². The van der Waals surface area contributed by atoms with Crippen LogP contribution in [0.1, 0.15) is 68.2 Å². The second kappa shape index (κ2) is 12.3. The number of aliphatic hydroxyl groups excluding tert-OH is 1. The summed E-state index contributed by atoms with van der Waals surface area (Å²) in [7, 11) is 2.37. The van der Waals surface area contributed by atoms with Gasteiger partial charge in [0.15, 0.2) is 0 Å². The molecule has 0 radical (unpaired) electrons. The number of allylic oxidation sites excluding steroid dienone is 1. The minimum Gasteiger partial charge on any atom is -0.376 e. The Balaban J connectivity index is 2.60. The highest BCUT2D eigenvalue weighted by Gasteiger charge is 2.11. The molecular formula is C21H31O2P. The maximum Gasteiger partial charge on any atom is 0.140 e. The Bertz CT molecular complexity index is 557. The lowest BCUT2D eigenvalue weighted by Gasteiger charge is -2.13. The first-order valence-corrected chi connectivity index (χ1v) is 9.32. The predicted octanol–water partition coefficient (Wildman–Crippen LogP) is 5.30. The van der Waals surface area contributed by atoms with Gasteiger partial charge in [0.1, 0.15) is 6.10 Å². The summed E-state index contributed by atoms with van der Waals surface area (Å²) in [5, 5.41) is 10.4. The summed E-state index contributed by atoms with van der Waals surface area (Å²) in [4.78, 5) is 0. The Morgan fingerprint density at radius 2 is 2.12 bits per heavy atom. The minimum absolute atomic E-state index is 0.239. The third-order valence-electron chi connectivity index (χ3n) is 4.24. The molecule has 0 aromatic heterocycles. The molecule has 24 heavy (non-hydrogen) atoms. The van der Waals surface area contributed by atoms with E-state index in [1.165, 1.54) is 24.8 Å². The van der Waals surface area contributed by atoms with Crippen LogP contribution < -0.4 is 0 Å². The summed E-state index contributed by atoms with van der Waals surface area (Å²) in [6.07, 6.45) is 8.49. The predicted molar refractivity (Wildman–Crippen MR) is 106 cm³/mol. The molecule has 0 heterocycles. The summed E-state index contributed by atoms with van der Waals surface area (Å²) in [6.45, 7) is 8.06. The summed E-state index contributed by atoms with van der Waals surface area (Å²) < 4.78 is 5.43. The van der Waals surface area contributed by atoms with E-state index in [2.05, 4.69) is 47.8 Å². The van der Waals surface area contributed by atoms with Crippen molar-refractivity contribution in [1.29, 1.82) is 0 Å². The smallest absolute Gasteiger partial charge is 0.140 e. The van der Waals surface area contributed by atoms with Gasteiger partial charge in [0.05, 0.1) is 6.10 Å². The fourth-order valence-electron chi connectivity index (χ4n) is 2.79. The zero-order chi connectivity index (χ0) is 17.8. The lowest BCUT2D eigenvalue weighted by molar-refractivity contribution is 0.211. The largest absolute Gasteiger partial charge is 0.376 e. The number of aliphatic hydroxyl groups is 1. The molecule has 0 aliphatic heterocycles. The van der Waals surface area contributed by atoms with Gasteiger partial charge in [0, 0.05) is 15.9 Å². The topological polar surface area (TPSA) is 29.5 Å². The van der Waals surface area contributed by atoms with Crippen molar-refractivity contribution in [1.82, 2.24) is 0 Å². The van der Waals surface area contributed by atoms with Gasteiger partial charge in [-0.05, 0) is 42.9 Å². The molecule has 0 fully saturated rings. The van der Waals surface area contributed by atoms with Crippen LogP contribution >= 0.6 is 9.47 Å². The highest BCUT2D eigenvalue weighted by molar-refractivity contribution is 7.09. The van der Waals surface area contributed by atoms with Crippen molar-refractivity contribution in [3.05, 3.63) is 47.5 Å². The van der Waals surface area contributed by atoms with Gasteiger partial charge in [0.2, 0.25) is 0 Å². The van der Waals surface area contributed by atoms with Crippen LogP contribution in [0.15, 0.2) is 30.9 Å². The second-order valence-electron chi connectivity index (χ2n) is 6.15. The fraction of sp³-hybridized carbons (Fsp3) is 0.524. The van der Waals surface area contributed by atoms with E-state index in [1.807, 2.05) is 18.2 Å². The Hall–Kier alpha value is -1.13. The number of aryl methyl sites for hydroxylation is 1. The number of unbranched alkanes of at least 4 members (excludes halogenated alkanes) is 2. The van der Waals surface area contributed by atoms with Crippen molar-refractivity contribution in [3.8, 4) is 11.8 Å². The summed E-state index contributed by atoms with van der Waals surface area (Å²) in [5.41, 5.74) is 3.19. The van der Waals surface area contributed by atoms with E-state index >= 15 is 0 Å². The van der Waals surface area contributed by atoms with Crippen molar-refractivity contribution >= 4 is 9.47 Å². The third-order valence-corrected chi connectivity index (χ3v) is 4.63. The van der Waals surface area contributed by atoms with Gasteiger partial charge in [-0.2, -0.15) is 0 Å². The Labute approximate surface area is 150 Å². The van der Waals surface area contributed by atoms with Crippen LogP contribution in [0.5, 0.6) is 0 Å². The van der Waals surface area contributed by atoms with Crippen molar-refractivity contribution in [2.24, 2.45) is 0 Å². The van der Waals surface area contributed by atoms with E-state index in [0.29, 0.717) is 0 Å². The van der Waals surface area contributed by atoms with Crippen LogP contribution in [0.4, 0.5) is 0 Å². The highest BCUT2D eigenvalue weighted by atomic mass is 31.0. The number of benzene rings is 1. The van der Waals surface area contributed by atoms with Crippen LogP contribution in [0, 0.1) is 18.8 Å². The van der Waals surface area contributed by atoms with E-state index in [9.17, 15) is 5.11 Å². The zero-order valence-electron chi connectivity index (χ0n) is 15.1. The van der Waals surface area contributed by atoms with Gasteiger partial charge in [-0.25, -0.2) is 0 Å². The standard InChI is InChI=1S/C21H31O2P/c1-4-6-7-13-18(23-24)14-8-9-16-21(22)20-15-10-12-17(3)19(20)11-5-2/h5,10,12,15,18,21-22H,2,4,6-8,11,13-14,24H2,1,3H3/t18-,21-/m0/s1. The molecule has 1 aromatic carbocycles. The quantitative estimate of drug-likeness (QED) is 0.270. The van der Waals surface area contributed by atoms with Gasteiger partial charge < -0.3 is 9.63 Å². The van der Waals surface area contributed by atoms with E-state index in [0.717, 1.165) is 36.8 Å². The first-order chi connectivity index (χ1) is 11.6. The van der Waals surface area contributed by atoms with E-state index < -0.39 is 6.10 Å². The average Bonchev–Trinajstić information content (AvgIpc) is 2.58. The first kappa shape index (κ1) is 20.9. The van der Waals surface area contributed by atoms with Crippen LogP contribution in [0.3, 0.4) is 0 Å². The maximum absolute atomic E-state index is 10.4. The SMILES string of the molecule is C=CCc1c(C)cccc1[C@@H](O)C#CCC[C@H](CCCCC)OP. The lowest BCUT2D eigenvalue weighted by atomic mass is 9.95. The number of rotatable bonds is 10. The molecule has 0 amide bonds. The molecule has 0 bridgehead atoms. The van der Waals surface area contributed by atoms with Gasteiger partial charge >= 0.3 is 0 Å². The monoisotopic (exact) mass is 346 g/mol. The molecule has 0 aliphatic rings. The molecule has 1 N–H and O–H groups in total. The summed E-state index contributed by atoms with van der Waals surface area (Å²) in [6, 6.07) is 5.97. The molecule has 0 spiro atoms. The van der Waals surface area contributed by atoms with Gasteiger partial charge in [-0.3, -0.25) is 0 Å². The first-order valence-electron chi connectivity index (χ1n) is 8.85. The second-order valence-corrected chi connectivity index (χ2v) is 6.42. The molecule has 1 rings (SSSR count). The molecule has 0 saturated heterocycles. The summed E-state index contributed by atoms with van der Waals surface area (Å²) >= 11 is 0. The molecule has 132 valence electrons. The molecule has 3 atom stereocenters. The van der Waals surface area contributed by atoms with E-state index in [4.69, 9.17) is 4.52 Å². The lowest BCUT2D eigenvalue weighted by Crippen LogP contribution is -2.07. The molecule has 0 aliphatic carbocycles. The maximum atomic E-state index is 10.4. The van der Waals surface area contributed by atoms with E-state index in [-0.39, 0.29) is 6.10 Å². The average molecular weight is 346 g/mol. The van der Waals surface area contributed by atoms with Crippen molar-refractivity contribution < 1.29 is 9.63 Å². The molecule has 1 aromatic rings. The molecule has 1 unspecified atom stereocenters. The molecule has 0 saturated carbocycles. The Kier molecular flexibility index (Phi) is 10.7. The number of hydrogen-bond donors (Lipinski definition) is 1. The third kappa shape index (κ3) is 7.18. The Morgan fingerprint density at radius 3 is 2.79 bits per heavy atom. The van der Waals surface area contributed by atoms with Gasteiger partial charge in [0.25, 0.3) is 0 Å². The van der Waals surface area contributed by atoms with Gasteiger partial charge in [-0.15, -0.1) is 12.5 Å². The fourth-order valence-corrected chi connectivity index (χ4v) is 3.06. The molecule has 2 nitrogen and oxygen atoms in total. The van der Waals surface area contributed by atoms with Gasteiger partial charge in [-0.1, -0.05) is 56.4 Å². The van der Waals surface area contributed by atoms with Crippen LogP contribution in [0.25, 0.3) is 0 Å². The van der Waals surface area contributed by atoms with E-state index in [1.54, 1.807) is 0 Å². The molecule has 3 heteroatoms. The van der Waals surface area contributed by atoms with Crippen molar-refractivity contribution in [2.45, 2.75) is 71.0 Å². The van der Waals surface area contributed by atoms with Crippen molar-refractivity contribution in [3.63, 3.8) is 0 Å². The molecular weight excluding hydrogens is 315 g/mol. The normalized spacial score (nSPS) is 13.0. The zero-order valence-corrected chi connectivity index (χ0v) is 16.2. The highest BCUT2D eigenvalue weighted by Crippen LogP contribution is 2.22. The van der Waals surface area contributed by atoms with Crippen LogP contribution in [0.2, 0.25) is 0 Å². The Morgan fingerprint density at radius 1 is 1.33 bits per heavy atom.